The predicted molar refractivity (Wildman–Crippen MR) is 75.8 cm³/mol. The molecular weight excluding hydrogens is 350 g/mol. The number of phosphoric ester groups is 2. The molecule has 2 aliphatic rings. The van der Waals surface area contributed by atoms with Gasteiger partial charge in [-0.25, -0.2) is 9.13 Å². The lowest BCUT2D eigenvalue weighted by molar-refractivity contribution is 0.199. The third kappa shape index (κ3) is 5.96. The van der Waals surface area contributed by atoms with E-state index in [1.54, 1.807) is 0 Å². The van der Waals surface area contributed by atoms with Gasteiger partial charge in [-0.2, -0.15) is 0 Å². The zero-order valence-electron chi connectivity index (χ0n) is 10.6. The second-order valence-electron chi connectivity index (χ2n) is 3.54. The molecule has 0 aromatic carbocycles. The molecule has 0 atom stereocenters. The molecule has 0 aromatic heterocycles. The van der Waals surface area contributed by atoms with Crippen LogP contribution in [0.5, 0.6) is 0 Å². The zero-order chi connectivity index (χ0) is 14.3. The molecule has 0 radical (unpaired) electrons. The van der Waals surface area contributed by atoms with Gasteiger partial charge in [0.25, 0.3) is 0 Å². The highest BCUT2D eigenvalue weighted by Gasteiger charge is 2.32. The van der Waals surface area contributed by atoms with Crippen molar-refractivity contribution in [1.82, 2.24) is 0 Å². The van der Waals surface area contributed by atoms with Gasteiger partial charge in [0.05, 0.1) is 39.6 Å². The van der Waals surface area contributed by atoms with Crippen LogP contribution in [-0.4, -0.2) is 51.1 Å². The fourth-order valence-corrected chi connectivity index (χ4v) is 5.47. The van der Waals surface area contributed by atoms with E-state index in [0.717, 1.165) is 0 Å². The Bertz CT molecular complexity index is 339. The van der Waals surface area contributed by atoms with E-state index in [0.29, 0.717) is 37.9 Å². The molecule has 2 fully saturated rings. The summed E-state index contributed by atoms with van der Waals surface area (Å²) >= 11 is 0. The van der Waals surface area contributed by atoms with Crippen molar-refractivity contribution >= 4 is 37.2 Å². The molecule has 2 heterocycles. The van der Waals surface area contributed by atoms with Gasteiger partial charge in [0.1, 0.15) is 0 Å². The van der Waals surface area contributed by atoms with Gasteiger partial charge in [0.15, 0.2) is 0 Å². The van der Waals surface area contributed by atoms with E-state index in [4.69, 9.17) is 27.1 Å². The zero-order valence-corrected chi connectivity index (χ0v) is 14.1. The molecule has 0 aliphatic carbocycles. The summed E-state index contributed by atoms with van der Waals surface area (Å²) in [5.41, 5.74) is 0. The van der Waals surface area contributed by atoms with E-state index in [1.165, 1.54) is 21.6 Å². The molecule has 0 N–H and O–H groups in total. The minimum absolute atomic E-state index is 0.278. The average Bonchev–Trinajstić information content (AvgIpc) is 3.03. The van der Waals surface area contributed by atoms with E-state index in [2.05, 4.69) is 0 Å². The molecule has 12 heteroatoms. The molecule has 0 bridgehead atoms. The van der Waals surface area contributed by atoms with Crippen LogP contribution in [0.2, 0.25) is 0 Å². The standard InChI is InChI=1S/C8H16O8P2S2/c9-17(11-1-2-12-17)15-5-7-19-20-8-6-16-18(10)13-3-4-14-18/h1-8H2. The van der Waals surface area contributed by atoms with E-state index >= 15 is 0 Å². The maximum absolute atomic E-state index is 11.6. The molecule has 8 nitrogen and oxygen atoms in total. The number of phosphoric acid groups is 2. The van der Waals surface area contributed by atoms with E-state index < -0.39 is 15.6 Å². The number of hydrogen-bond acceptors (Lipinski definition) is 10. The summed E-state index contributed by atoms with van der Waals surface area (Å²) in [6.45, 7) is 1.78. The van der Waals surface area contributed by atoms with Crippen LogP contribution in [0.15, 0.2) is 0 Å². The summed E-state index contributed by atoms with van der Waals surface area (Å²) < 4.78 is 52.7. The first kappa shape index (κ1) is 17.3. The highest BCUT2D eigenvalue weighted by Crippen LogP contribution is 2.53. The lowest BCUT2D eigenvalue weighted by Gasteiger charge is -2.10. The maximum Gasteiger partial charge on any atom is 0.474 e. The van der Waals surface area contributed by atoms with Gasteiger partial charge in [-0.1, -0.05) is 21.6 Å². The number of hydrogen-bond donors (Lipinski definition) is 0. The summed E-state index contributed by atoms with van der Waals surface area (Å²) in [6, 6.07) is 0. The second-order valence-corrected chi connectivity index (χ2v) is 9.58. The molecule has 2 saturated heterocycles. The average molecular weight is 366 g/mol. The Hall–Kier alpha value is 0.920. The Labute approximate surface area is 125 Å². The lowest BCUT2D eigenvalue weighted by atomic mass is 10.8. The molecule has 2 rings (SSSR count). The van der Waals surface area contributed by atoms with Gasteiger partial charge in [-0.3, -0.25) is 27.1 Å². The monoisotopic (exact) mass is 366 g/mol. The Morgan fingerprint density at radius 1 is 0.750 bits per heavy atom. The summed E-state index contributed by atoms with van der Waals surface area (Å²) in [4.78, 5) is 0. The van der Waals surface area contributed by atoms with Crippen LogP contribution in [0.4, 0.5) is 0 Å². The van der Waals surface area contributed by atoms with Gasteiger partial charge in [-0.05, 0) is 0 Å². The summed E-state index contributed by atoms with van der Waals surface area (Å²) in [5.74, 6) is 1.26. The van der Waals surface area contributed by atoms with Gasteiger partial charge < -0.3 is 0 Å². The van der Waals surface area contributed by atoms with Crippen molar-refractivity contribution in [2.24, 2.45) is 0 Å². The van der Waals surface area contributed by atoms with Crippen LogP contribution in [0, 0.1) is 0 Å². The third-order valence-corrected chi connectivity index (χ3v) is 7.41. The Kier molecular flexibility index (Phi) is 7.36. The third-order valence-electron chi connectivity index (χ3n) is 2.08. The fraction of sp³-hybridized carbons (Fsp3) is 1.00. The first-order chi connectivity index (χ1) is 9.62. The predicted octanol–water partition coefficient (Wildman–Crippen LogP) is 2.71. The van der Waals surface area contributed by atoms with Crippen LogP contribution < -0.4 is 0 Å². The van der Waals surface area contributed by atoms with E-state index in [9.17, 15) is 9.13 Å². The van der Waals surface area contributed by atoms with Crippen LogP contribution >= 0.6 is 37.2 Å². The van der Waals surface area contributed by atoms with Crippen molar-refractivity contribution in [1.29, 1.82) is 0 Å². The highest BCUT2D eigenvalue weighted by atomic mass is 33.1. The lowest BCUT2D eigenvalue weighted by Crippen LogP contribution is -1.97. The smallest absolute Gasteiger partial charge is 0.286 e. The molecule has 0 aromatic rings. The first-order valence-electron chi connectivity index (χ1n) is 5.94. The van der Waals surface area contributed by atoms with Gasteiger partial charge in [0.2, 0.25) is 0 Å². The first-order valence-corrected chi connectivity index (χ1v) is 11.3. The molecule has 0 amide bonds. The molecule has 0 saturated carbocycles. The second kappa shape index (κ2) is 8.53. The summed E-state index contributed by atoms with van der Waals surface area (Å²) in [7, 11) is -3.49. The topological polar surface area (TPSA) is 89.5 Å². The van der Waals surface area contributed by atoms with Crippen molar-refractivity contribution in [2.75, 3.05) is 51.1 Å². The van der Waals surface area contributed by atoms with Gasteiger partial charge in [-0.15, -0.1) is 0 Å². The molecule has 0 unspecified atom stereocenters. The molecule has 20 heavy (non-hydrogen) atoms. The van der Waals surface area contributed by atoms with Crippen LogP contribution in [0.1, 0.15) is 0 Å². The van der Waals surface area contributed by atoms with Crippen LogP contribution in [-0.2, 0) is 36.3 Å². The Morgan fingerprint density at radius 2 is 1.10 bits per heavy atom. The Morgan fingerprint density at radius 3 is 1.45 bits per heavy atom. The largest absolute Gasteiger partial charge is 0.474 e. The fourth-order valence-electron chi connectivity index (χ4n) is 1.30. The Balaban J connectivity index is 1.42. The van der Waals surface area contributed by atoms with Gasteiger partial charge >= 0.3 is 15.6 Å². The van der Waals surface area contributed by atoms with E-state index in [1.807, 2.05) is 0 Å². The summed E-state index contributed by atoms with van der Waals surface area (Å²) in [6.07, 6.45) is 0. The number of rotatable bonds is 9. The molecule has 2 aliphatic heterocycles. The quantitative estimate of drug-likeness (QED) is 0.345. The SMILES string of the molecule is O=P1(OCCSSCCOP2(=O)OCCO2)OCCO1. The molecule has 0 spiro atoms. The van der Waals surface area contributed by atoms with Crippen molar-refractivity contribution in [3.8, 4) is 0 Å². The maximum atomic E-state index is 11.6. The summed E-state index contributed by atoms with van der Waals surface area (Å²) in [5, 5.41) is 0. The van der Waals surface area contributed by atoms with Gasteiger partial charge in [0, 0.05) is 11.5 Å². The molecular formula is C8H16O8P2S2. The minimum Gasteiger partial charge on any atom is -0.286 e. The van der Waals surface area contributed by atoms with Crippen LogP contribution in [0.3, 0.4) is 0 Å². The minimum atomic E-state index is -3.27. The van der Waals surface area contributed by atoms with Crippen molar-refractivity contribution in [3.05, 3.63) is 0 Å². The van der Waals surface area contributed by atoms with Crippen molar-refractivity contribution in [3.63, 3.8) is 0 Å². The molecule has 118 valence electrons. The van der Waals surface area contributed by atoms with Crippen molar-refractivity contribution in [2.45, 2.75) is 0 Å². The normalized spacial score (nSPS) is 24.2. The van der Waals surface area contributed by atoms with Crippen molar-refractivity contribution < 1.29 is 36.3 Å². The highest BCUT2D eigenvalue weighted by molar-refractivity contribution is 8.76. The van der Waals surface area contributed by atoms with Crippen LogP contribution in [0.25, 0.3) is 0 Å². The van der Waals surface area contributed by atoms with E-state index in [-0.39, 0.29) is 13.2 Å².